The zero-order valence-corrected chi connectivity index (χ0v) is 24.3. The molecule has 2 aromatic carbocycles. The van der Waals surface area contributed by atoms with Crippen molar-refractivity contribution in [1.29, 1.82) is 0 Å². The first kappa shape index (κ1) is 32.4. The number of halogens is 5. The number of alkyl halides is 3. The van der Waals surface area contributed by atoms with Crippen LogP contribution in [-0.4, -0.2) is 57.9 Å². The maximum Gasteiger partial charge on any atom is 0.393 e. The number of aryl methyl sites for hydroxylation is 1. The molecule has 0 saturated carbocycles. The summed E-state index contributed by atoms with van der Waals surface area (Å²) in [4.78, 5) is 2.13. The lowest BCUT2D eigenvalue weighted by molar-refractivity contribution is -0.120. The van der Waals surface area contributed by atoms with Crippen molar-refractivity contribution in [2.45, 2.75) is 82.2 Å². The summed E-state index contributed by atoms with van der Waals surface area (Å²) in [5.74, 6) is -0.519. The third-order valence-electron chi connectivity index (χ3n) is 7.85. The van der Waals surface area contributed by atoms with E-state index in [-0.39, 0.29) is 23.3 Å². The third kappa shape index (κ3) is 10.7. The van der Waals surface area contributed by atoms with E-state index in [1.165, 1.54) is 18.4 Å². The molecule has 3 unspecified atom stereocenters. The summed E-state index contributed by atoms with van der Waals surface area (Å²) in [7, 11) is -0.617. The second-order valence-corrected chi connectivity index (χ2v) is 14.2. The smallest absolute Gasteiger partial charge is 0.393 e. The van der Waals surface area contributed by atoms with Gasteiger partial charge in [0.2, 0.25) is 0 Å². The summed E-state index contributed by atoms with van der Waals surface area (Å²) in [6, 6.07) is 9.29. The van der Waals surface area contributed by atoms with Crippen LogP contribution >= 0.6 is 0 Å². The Morgan fingerprint density at radius 3 is 2.38 bits per heavy atom. The summed E-state index contributed by atoms with van der Waals surface area (Å²) in [6.45, 7) is 1.54. The third-order valence-corrected chi connectivity index (χ3v) is 9.82. The van der Waals surface area contributed by atoms with E-state index in [0.717, 1.165) is 80.5 Å². The van der Waals surface area contributed by atoms with Crippen LogP contribution in [0.5, 0.6) is 5.75 Å². The molecule has 1 N–H and O–H groups in total. The fraction of sp³-hybridized carbons (Fsp3) is 0.581. The molecule has 9 heteroatoms. The average molecular weight is 588 g/mol. The van der Waals surface area contributed by atoms with Gasteiger partial charge in [-0.05, 0) is 126 Å². The van der Waals surface area contributed by atoms with E-state index >= 15 is 0 Å². The summed E-state index contributed by atoms with van der Waals surface area (Å²) in [5, 5.41) is 10.9. The number of aromatic hydroxyl groups is 1. The molecular weight excluding hydrogens is 545 g/mol. The van der Waals surface area contributed by atoms with E-state index in [1.54, 1.807) is 6.07 Å². The Morgan fingerprint density at radius 1 is 1.00 bits per heavy atom. The maximum atomic E-state index is 14.1. The molecule has 224 valence electrons. The number of nitrogens with zero attached hydrogens (tertiary/aromatic N) is 1. The minimum absolute atomic E-state index is 0.00401. The zero-order valence-electron chi connectivity index (χ0n) is 23.5. The first-order valence-corrected chi connectivity index (χ1v) is 16.4. The number of rotatable bonds is 13. The number of hydrogen-bond donors (Lipinski definition) is 1. The van der Waals surface area contributed by atoms with Crippen LogP contribution in [0.3, 0.4) is 0 Å². The largest absolute Gasteiger partial charge is 0.508 e. The minimum Gasteiger partial charge on any atom is -0.508 e. The van der Waals surface area contributed by atoms with Crippen LogP contribution in [0.4, 0.5) is 22.0 Å². The molecule has 0 fully saturated rings. The average Bonchev–Trinajstić information content (AvgIpc) is 3.03. The SMILES string of the molecule is CN(CCCCCCC1c2ccc(O)cc2CCCC1c1cc(F)cc(F)c1)CCCS(C)(=O)=CCC(F)(F)F. The highest BCUT2D eigenvalue weighted by Crippen LogP contribution is 2.45. The number of phenols is 1. The lowest BCUT2D eigenvalue weighted by Crippen LogP contribution is -2.23. The van der Waals surface area contributed by atoms with Crippen LogP contribution in [-0.2, 0) is 15.9 Å². The van der Waals surface area contributed by atoms with E-state index in [0.29, 0.717) is 18.5 Å². The van der Waals surface area contributed by atoms with Gasteiger partial charge in [-0.15, -0.1) is 0 Å². The Labute approximate surface area is 235 Å². The van der Waals surface area contributed by atoms with Crippen LogP contribution in [0.25, 0.3) is 0 Å². The minimum atomic E-state index is -4.32. The molecule has 1 aliphatic carbocycles. The Kier molecular flexibility index (Phi) is 11.9. The molecule has 3 nitrogen and oxygen atoms in total. The van der Waals surface area contributed by atoms with Gasteiger partial charge in [0.1, 0.15) is 17.4 Å². The van der Waals surface area contributed by atoms with Crippen molar-refractivity contribution in [3.8, 4) is 5.75 Å². The molecule has 0 radical (unpaired) electrons. The fourth-order valence-electron chi connectivity index (χ4n) is 5.83. The van der Waals surface area contributed by atoms with Crippen molar-refractivity contribution in [2.24, 2.45) is 0 Å². The summed E-state index contributed by atoms with van der Waals surface area (Å²) in [5.41, 5.74) is 2.96. The molecule has 2 aromatic rings. The van der Waals surface area contributed by atoms with E-state index in [9.17, 15) is 31.3 Å². The molecule has 3 rings (SSSR count). The van der Waals surface area contributed by atoms with Gasteiger partial charge in [0.15, 0.2) is 0 Å². The Balaban J connectivity index is 1.49. The van der Waals surface area contributed by atoms with E-state index < -0.39 is 33.8 Å². The topological polar surface area (TPSA) is 40.5 Å². The molecule has 0 saturated heterocycles. The lowest BCUT2D eigenvalue weighted by Gasteiger charge is -2.28. The van der Waals surface area contributed by atoms with Gasteiger partial charge in [-0.1, -0.05) is 25.3 Å². The Hall–Kier alpha value is -2.13. The van der Waals surface area contributed by atoms with Crippen LogP contribution in [0.2, 0.25) is 0 Å². The molecule has 0 amide bonds. The maximum absolute atomic E-state index is 14.1. The summed E-state index contributed by atoms with van der Waals surface area (Å²) >= 11 is 0. The molecule has 1 aliphatic rings. The highest BCUT2D eigenvalue weighted by atomic mass is 32.2. The molecule has 0 bridgehead atoms. The molecule has 0 aliphatic heterocycles. The quantitative estimate of drug-likeness (QED) is 0.112. The van der Waals surface area contributed by atoms with Crippen LogP contribution in [0.15, 0.2) is 36.4 Å². The predicted octanol–water partition coefficient (Wildman–Crippen LogP) is 7.82. The van der Waals surface area contributed by atoms with Gasteiger partial charge in [0, 0.05) is 18.1 Å². The van der Waals surface area contributed by atoms with Gasteiger partial charge < -0.3 is 10.0 Å². The van der Waals surface area contributed by atoms with Crippen LogP contribution in [0, 0.1) is 11.6 Å². The number of unbranched alkanes of at least 4 members (excludes halogenated alkanes) is 3. The molecular formula is C31H42F5NO2S. The van der Waals surface area contributed by atoms with Crippen molar-refractivity contribution in [1.82, 2.24) is 4.90 Å². The normalized spacial score (nSPS) is 19.2. The zero-order chi connectivity index (χ0) is 29.3. The fourth-order valence-corrected chi connectivity index (χ4v) is 7.24. The summed E-state index contributed by atoms with van der Waals surface area (Å²) in [6.07, 6.45) is 3.93. The highest BCUT2D eigenvalue weighted by Gasteiger charge is 2.30. The van der Waals surface area contributed by atoms with Crippen molar-refractivity contribution in [2.75, 3.05) is 32.1 Å². The highest BCUT2D eigenvalue weighted by molar-refractivity contribution is 8.00. The van der Waals surface area contributed by atoms with E-state index in [4.69, 9.17) is 0 Å². The first-order chi connectivity index (χ1) is 18.8. The van der Waals surface area contributed by atoms with Crippen LogP contribution < -0.4 is 0 Å². The van der Waals surface area contributed by atoms with Gasteiger partial charge in [-0.2, -0.15) is 13.2 Å². The van der Waals surface area contributed by atoms with Gasteiger partial charge in [0.05, 0.1) is 6.42 Å². The van der Waals surface area contributed by atoms with Crippen molar-refractivity contribution in [3.05, 3.63) is 64.7 Å². The Morgan fingerprint density at radius 2 is 1.68 bits per heavy atom. The molecule has 0 heterocycles. The lowest BCUT2D eigenvalue weighted by atomic mass is 9.77. The molecule has 0 aromatic heterocycles. The van der Waals surface area contributed by atoms with Crippen molar-refractivity contribution >= 4 is 14.9 Å². The van der Waals surface area contributed by atoms with Crippen molar-refractivity contribution in [3.63, 3.8) is 0 Å². The van der Waals surface area contributed by atoms with E-state index in [1.807, 2.05) is 19.2 Å². The van der Waals surface area contributed by atoms with Crippen molar-refractivity contribution < 1.29 is 31.3 Å². The first-order valence-electron chi connectivity index (χ1n) is 14.2. The standard InChI is InChI=1S/C31H42F5NO2S/c1-37(16-8-17-40(2,39)18-14-31(34,35)36)15-6-4-3-5-10-30-28(24-19-25(32)22-26(33)20-24)11-7-9-23-21-27(38)12-13-29(23)30/h12-13,18-22,28,30,38H,3-11,14-17H2,1-2H3. The monoisotopic (exact) mass is 587 g/mol. The molecule has 3 atom stereocenters. The van der Waals surface area contributed by atoms with Gasteiger partial charge in [-0.25, -0.2) is 8.78 Å². The van der Waals surface area contributed by atoms with Gasteiger partial charge in [0.25, 0.3) is 0 Å². The van der Waals surface area contributed by atoms with Gasteiger partial charge in [-0.3, -0.25) is 4.21 Å². The summed E-state index contributed by atoms with van der Waals surface area (Å²) < 4.78 is 77.7. The van der Waals surface area contributed by atoms with Crippen LogP contribution in [0.1, 0.15) is 86.3 Å². The van der Waals surface area contributed by atoms with Gasteiger partial charge >= 0.3 is 6.18 Å². The Bertz CT molecular complexity index is 1200. The number of fused-ring (bicyclic) bond motifs is 1. The number of benzene rings is 2. The number of hydrogen-bond acceptors (Lipinski definition) is 3. The van der Waals surface area contributed by atoms with E-state index in [2.05, 4.69) is 4.90 Å². The number of phenolic OH excluding ortho intramolecular Hbond substituents is 1. The second kappa shape index (κ2) is 14.7. The second-order valence-electron chi connectivity index (χ2n) is 11.3. The molecule has 0 spiro atoms. The molecule has 40 heavy (non-hydrogen) atoms. The predicted molar refractivity (Wildman–Crippen MR) is 154 cm³/mol.